The summed E-state index contributed by atoms with van der Waals surface area (Å²) in [5, 5.41) is 81.9. The lowest BCUT2D eigenvalue weighted by molar-refractivity contribution is -0.396. The SMILES string of the molecule is CC(=O)C(O)[C@H]1O[C@H](O[C@@H]2O[C@H](CO)[C@@H](O)[C@H](O)[C@@H]2O)[C@@H](O)[C@](O)(C(C)=O)[C@@]1(O)C(C)=O. The van der Waals surface area contributed by atoms with Crippen molar-refractivity contribution in [2.75, 3.05) is 6.61 Å². The zero-order valence-corrected chi connectivity index (χ0v) is 17.4. The van der Waals surface area contributed by atoms with Crippen LogP contribution in [0.4, 0.5) is 0 Å². The normalized spacial score (nSPS) is 45.8. The first-order chi connectivity index (χ1) is 14.7. The maximum Gasteiger partial charge on any atom is 0.192 e. The van der Waals surface area contributed by atoms with E-state index in [0.29, 0.717) is 6.92 Å². The van der Waals surface area contributed by atoms with Crippen molar-refractivity contribution >= 4 is 17.3 Å². The van der Waals surface area contributed by atoms with Crippen LogP contribution >= 0.6 is 0 Å². The van der Waals surface area contributed by atoms with E-state index in [1.165, 1.54) is 0 Å². The van der Waals surface area contributed by atoms with Gasteiger partial charge in [-0.25, -0.2) is 0 Å². The molecule has 0 spiro atoms. The lowest BCUT2D eigenvalue weighted by Gasteiger charge is -2.54. The summed E-state index contributed by atoms with van der Waals surface area (Å²) in [4.78, 5) is 36.3. The number of ketones is 3. The number of ether oxygens (including phenoxy) is 3. The van der Waals surface area contributed by atoms with E-state index in [1.807, 2.05) is 0 Å². The highest BCUT2D eigenvalue weighted by Gasteiger charge is 2.72. The molecule has 14 heteroatoms. The summed E-state index contributed by atoms with van der Waals surface area (Å²) in [6.45, 7) is 1.47. The number of hydrogen-bond donors (Lipinski definition) is 8. The summed E-state index contributed by atoms with van der Waals surface area (Å²) in [5.74, 6) is -3.72. The second-order valence-corrected chi connectivity index (χ2v) is 7.90. The number of Topliss-reactive ketones (excluding diaryl/α,β-unsaturated/α-hetero) is 3. The highest BCUT2D eigenvalue weighted by Crippen LogP contribution is 2.42. The molecule has 1 unspecified atom stereocenters. The Hall–Kier alpha value is -1.43. The Morgan fingerprint density at radius 3 is 1.84 bits per heavy atom. The first-order valence-electron chi connectivity index (χ1n) is 9.61. The van der Waals surface area contributed by atoms with E-state index < -0.39 is 90.5 Å². The molecule has 0 radical (unpaired) electrons. The van der Waals surface area contributed by atoms with Crippen LogP contribution in [0.2, 0.25) is 0 Å². The fraction of sp³-hybridized carbons (Fsp3) is 0.833. The summed E-state index contributed by atoms with van der Waals surface area (Å²) in [5.41, 5.74) is -6.64. The van der Waals surface area contributed by atoms with Crippen molar-refractivity contribution < 1.29 is 69.4 Å². The van der Waals surface area contributed by atoms with Gasteiger partial charge in [0.25, 0.3) is 0 Å². The third-order valence-corrected chi connectivity index (χ3v) is 5.85. The molecule has 32 heavy (non-hydrogen) atoms. The Morgan fingerprint density at radius 1 is 0.875 bits per heavy atom. The molecule has 0 aromatic carbocycles. The highest BCUT2D eigenvalue weighted by molar-refractivity contribution is 5.99. The monoisotopic (exact) mass is 468 g/mol. The molecule has 184 valence electrons. The molecule has 0 amide bonds. The molecule has 0 aromatic heterocycles. The number of hydrogen-bond acceptors (Lipinski definition) is 14. The third kappa shape index (κ3) is 4.01. The first kappa shape index (κ1) is 26.8. The molecule has 14 nitrogen and oxygen atoms in total. The quantitative estimate of drug-likeness (QED) is 0.174. The van der Waals surface area contributed by atoms with Crippen molar-refractivity contribution in [1.82, 2.24) is 0 Å². The molecule has 2 aliphatic rings. The Balaban J connectivity index is 2.50. The molecular weight excluding hydrogens is 440 g/mol. The molecule has 0 bridgehead atoms. The van der Waals surface area contributed by atoms with Crippen LogP contribution in [0.5, 0.6) is 0 Å². The van der Waals surface area contributed by atoms with E-state index in [4.69, 9.17) is 14.2 Å². The summed E-state index contributed by atoms with van der Waals surface area (Å²) < 4.78 is 15.5. The summed E-state index contributed by atoms with van der Waals surface area (Å²) in [6.07, 6.45) is -18.3. The molecular formula is C18H28O14. The van der Waals surface area contributed by atoms with Crippen LogP contribution in [-0.4, -0.2) is 131 Å². The Morgan fingerprint density at radius 2 is 1.41 bits per heavy atom. The maximum absolute atomic E-state index is 12.3. The van der Waals surface area contributed by atoms with Gasteiger partial charge in [-0.2, -0.15) is 0 Å². The predicted octanol–water partition coefficient (Wildman–Crippen LogP) is -5.52. The zero-order valence-electron chi connectivity index (χ0n) is 17.4. The zero-order chi connectivity index (χ0) is 24.8. The Bertz CT molecular complexity index is 741. The molecule has 2 heterocycles. The van der Waals surface area contributed by atoms with Gasteiger partial charge in [-0.3, -0.25) is 14.4 Å². The van der Waals surface area contributed by atoms with Crippen molar-refractivity contribution in [1.29, 1.82) is 0 Å². The molecule has 2 rings (SSSR count). The molecule has 0 aliphatic carbocycles. The van der Waals surface area contributed by atoms with Crippen LogP contribution in [-0.2, 0) is 28.6 Å². The van der Waals surface area contributed by atoms with Gasteiger partial charge in [-0.05, 0) is 20.8 Å². The molecule has 0 aromatic rings. The van der Waals surface area contributed by atoms with E-state index in [9.17, 15) is 55.2 Å². The fourth-order valence-corrected chi connectivity index (χ4v) is 3.84. The Labute approximate surface area is 181 Å². The number of rotatable bonds is 7. The van der Waals surface area contributed by atoms with E-state index >= 15 is 0 Å². The lowest BCUT2D eigenvalue weighted by atomic mass is 9.67. The van der Waals surface area contributed by atoms with Gasteiger partial charge in [0.05, 0.1) is 6.61 Å². The summed E-state index contributed by atoms with van der Waals surface area (Å²) in [7, 11) is 0. The van der Waals surface area contributed by atoms with Gasteiger partial charge < -0.3 is 55.1 Å². The van der Waals surface area contributed by atoms with Crippen LogP contribution in [0.25, 0.3) is 0 Å². The van der Waals surface area contributed by atoms with Crippen molar-refractivity contribution in [3.05, 3.63) is 0 Å². The van der Waals surface area contributed by atoms with Gasteiger partial charge in [-0.15, -0.1) is 0 Å². The average Bonchev–Trinajstić information content (AvgIpc) is 2.73. The lowest BCUT2D eigenvalue weighted by Crippen LogP contribution is -2.81. The van der Waals surface area contributed by atoms with Gasteiger partial charge >= 0.3 is 0 Å². The number of aliphatic hydroxyl groups excluding tert-OH is 6. The van der Waals surface area contributed by atoms with Gasteiger partial charge in [0.1, 0.15) is 42.7 Å². The predicted molar refractivity (Wildman–Crippen MR) is 97.5 cm³/mol. The van der Waals surface area contributed by atoms with Crippen molar-refractivity contribution in [2.45, 2.75) is 87.3 Å². The smallest absolute Gasteiger partial charge is 0.192 e. The minimum Gasteiger partial charge on any atom is -0.394 e. The highest BCUT2D eigenvalue weighted by atomic mass is 16.8. The topological polar surface area (TPSA) is 241 Å². The van der Waals surface area contributed by atoms with Crippen LogP contribution in [0.15, 0.2) is 0 Å². The largest absolute Gasteiger partial charge is 0.394 e. The van der Waals surface area contributed by atoms with Gasteiger partial charge in [0.2, 0.25) is 0 Å². The molecule has 2 aliphatic heterocycles. The first-order valence-corrected chi connectivity index (χ1v) is 9.61. The standard InChI is InChI=1S/C18H28O14/c1-5(20)9(23)14-18(29,7(3)22)17(28,6(2)21)13(27)16(31-14)32-15-12(26)11(25)10(24)8(4-19)30-15/h8-16,19,23-29H,4H2,1-3H3/t8-,9?,10-,11+,12+,13-,14-,15+,16-,17-,18-/m1/s1. The second-order valence-electron chi connectivity index (χ2n) is 7.90. The van der Waals surface area contributed by atoms with E-state index in [1.54, 1.807) is 0 Å². The van der Waals surface area contributed by atoms with Gasteiger partial charge in [0, 0.05) is 0 Å². The number of aliphatic hydroxyl groups is 8. The van der Waals surface area contributed by atoms with Crippen molar-refractivity contribution in [3.63, 3.8) is 0 Å². The maximum atomic E-state index is 12.3. The molecule has 11 atom stereocenters. The number of carbonyl (C=O) groups is 3. The molecule has 2 saturated heterocycles. The van der Waals surface area contributed by atoms with E-state index in [2.05, 4.69) is 0 Å². The van der Waals surface area contributed by atoms with Crippen molar-refractivity contribution in [2.24, 2.45) is 0 Å². The van der Waals surface area contributed by atoms with Crippen LogP contribution in [0.3, 0.4) is 0 Å². The molecule has 0 saturated carbocycles. The molecule has 2 fully saturated rings. The minimum atomic E-state index is -3.35. The van der Waals surface area contributed by atoms with Crippen LogP contribution in [0.1, 0.15) is 20.8 Å². The molecule has 8 N–H and O–H groups in total. The fourth-order valence-electron chi connectivity index (χ4n) is 3.84. The van der Waals surface area contributed by atoms with E-state index in [0.717, 1.165) is 13.8 Å². The van der Waals surface area contributed by atoms with Crippen LogP contribution in [0, 0.1) is 0 Å². The van der Waals surface area contributed by atoms with Gasteiger partial charge in [-0.1, -0.05) is 0 Å². The van der Waals surface area contributed by atoms with Crippen LogP contribution < -0.4 is 0 Å². The number of carbonyl (C=O) groups excluding carboxylic acids is 3. The summed E-state index contributed by atoms with van der Waals surface area (Å²) in [6, 6.07) is 0. The Kier molecular flexibility index (Phi) is 7.91. The third-order valence-electron chi connectivity index (χ3n) is 5.85. The minimum absolute atomic E-state index is 0.713. The summed E-state index contributed by atoms with van der Waals surface area (Å²) >= 11 is 0. The average molecular weight is 468 g/mol. The van der Waals surface area contributed by atoms with Crippen molar-refractivity contribution in [3.8, 4) is 0 Å². The van der Waals surface area contributed by atoms with E-state index in [-0.39, 0.29) is 0 Å². The second kappa shape index (κ2) is 9.44. The van der Waals surface area contributed by atoms with Gasteiger partial charge in [0.15, 0.2) is 41.1 Å².